The van der Waals surface area contributed by atoms with Crippen LogP contribution in [0.4, 0.5) is 17.6 Å². The molecular weight excluding hydrogens is 372 g/mol. The van der Waals surface area contributed by atoms with Crippen molar-refractivity contribution in [1.82, 2.24) is 20.2 Å². The van der Waals surface area contributed by atoms with Crippen LogP contribution in [0.5, 0.6) is 0 Å². The van der Waals surface area contributed by atoms with Gasteiger partial charge in [0, 0.05) is 23.4 Å². The molecule has 0 spiro atoms. The van der Waals surface area contributed by atoms with Gasteiger partial charge in [-0.25, -0.2) is 4.98 Å². The van der Waals surface area contributed by atoms with Gasteiger partial charge in [-0.3, -0.25) is 5.10 Å². The predicted molar refractivity (Wildman–Crippen MR) is 121 cm³/mol. The first-order valence-corrected chi connectivity index (χ1v) is 11.1. The number of aromatic amines is 1. The molecule has 1 saturated heterocycles. The van der Waals surface area contributed by atoms with Gasteiger partial charge in [0.2, 0.25) is 5.95 Å². The van der Waals surface area contributed by atoms with E-state index in [1.165, 1.54) is 38.5 Å². The van der Waals surface area contributed by atoms with E-state index in [4.69, 9.17) is 9.97 Å². The summed E-state index contributed by atoms with van der Waals surface area (Å²) < 4.78 is 0. The maximum atomic E-state index is 5.05. The van der Waals surface area contributed by atoms with Gasteiger partial charge in [0.1, 0.15) is 5.82 Å². The molecule has 2 aromatic carbocycles. The van der Waals surface area contributed by atoms with Crippen LogP contribution in [0.1, 0.15) is 38.5 Å². The summed E-state index contributed by atoms with van der Waals surface area (Å²) in [7, 11) is 0. The topological polar surface area (TPSA) is 69.7 Å². The molecule has 2 fully saturated rings. The van der Waals surface area contributed by atoms with Crippen molar-refractivity contribution in [1.29, 1.82) is 0 Å². The summed E-state index contributed by atoms with van der Waals surface area (Å²) in [5, 5.41) is 13.2. The Bertz CT molecular complexity index is 1200. The van der Waals surface area contributed by atoms with Crippen molar-refractivity contribution >= 4 is 39.4 Å². The molecule has 6 nitrogen and oxygen atoms in total. The molecule has 0 radical (unpaired) electrons. The van der Waals surface area contributed by atoms with Gasteiger partial charge in [-0.05, 0) is 55.9 Å². The minimum Gasteiger partial charge on any atom is -0.337 e. The highest BCUT2D eigenvalue weighted by atomic mass is 15.3. The molecule has 1 aliphatic heterocycles. The number of benzene rings is 2. The standard InChI is InChI=1S/C24H26N6/c1-6-14-21-16(8-1)9-7-15-30(21)24-25-19-12-4-2-10-17(19)22(27-24)26-23-18-11-3-5-13-20(18)28-29-23/h2-5,10-13,16,21H,1,6-9,14-15H2,(H2,25,26,27,28,29). The van der Waals surface area contributed by atoms with Gasteiger partial charge >= 0.3 is 0 Å². The quantitative estimate of drug-likeness (QED) is 0.483. The van der Waals surface area contributed by atoms with E-state index in [0.29, 0.717) is 6.04 Å². The number of fused-ring (bicyclic) bond motifs is 3. The molecule has 6 rings (SSSR count). The molecule has 3 heterocycles. The summed E-state index contributed by atoms with van der Waals surface area (Å²) in [6.45, 7) is 1.05. The molecule has 0 amide bonds. The lowest BCUT2D eigenvalue weighted by Crippen LogP contribution is -2.47. The Balaban J connectivity index is 1.44. The Morgan fingerprint density at radius 3 is 2.60 bits per heavy atom. The highest BCUT2D eigenvalue weighted by Crippen LogP contribution is 2.38. The minimum absolute atomic E-state index is 0.577. The van der Waals surface area contributed by atoms with Crippen molar-refractivity contribution in [3.05, 3.63) is 48.5 Å². The van der Waals surface area contributed by atoms with E-state index in [2.05, 4.69) is 38.6 Å². The highest BCUT2D eigenvalue weighted by Gasteiger charge is 2.34. The molecule has 2 aromatic heterocycles. The van der Waals surface area contributed by atoms with Crippen LogP contribution in [0.25, 0.3) is 21.8 Å². The maximum Gasteiger partial charge on any atom is 0.228 e. The summed E-state index contributed by atoms with van der Waals surface area (Å²) in [6.07, 6.45) is 7.86. The zero-order valence-electron chi connectivity index (χ0n) is 17.0. The Morgan fingerprint density at radius 1 is 0.833 bits per heavy atom. The van der Waals surface area contributed by atoms with E-state index in [1.807, 2.05) is 30.3 Å². The van der Waals surface area contributed by atoms with Crippen molar-refractivity contribution in [2.75, 3.05) is 16.8 Å². The number of nitrogens with one attached hydrogen (secondary N) is 2. The van der Waals surface area contributed by atoms with E-state index in [0.717, 1.165) is 51.9 Å². The summed E-state index contributed by atoms with van der Waals surface area (Å²) in [4.78, 5) is 12.5. The molecule has 4 aromatic rings. The summed E-state index contributed by atoms with van der Waals surface area (Å²) >= 11 is 0. The molecule has 30 heavy (non-hydrogen) atoms. The molecule has 2 aliphatic rings. The molecule has 1 saturated carbocycles. The van der Waals surface area contributed by atoms with E-state index < -0.39 is 0 Å². The second-order valence-electron chi connectivity index (χ2n) is 8.58. The fraction of sp³-hybridized carbons (Fsp3) is 0.375. The van der Waals surface area contributed by atoms with E-state index >= 15 is 0 Å². The fourth-order valence-electron chi connectivity index (χ4n) is 5.33. The monoisotopic (exact) mass is 398 g/mol. The second kappa shape index (κ2) is 7.27. The molecule has 2 atom stereocenters. The lowest BCUT2D eigenvalue weighted by Gasteiger charge is -2.44. The average Bonchev–Trinajstić information content (AvgIpc) is 3.21. The van der Waals surface area contributed by atoms with Gasteiger partial charge in [-0.2, -0.15) is 10.1 Å². The van der Waals surface area contributed by atoms with Crippen LogP contribution in [-0.4, -0.2) is 32.8 Å². The van der Waals surface area contributed by atoms with Crippen molar-refractivity contribution in [3.63, 3.8) is 0 Å². The average molecular weight is 399 g/mol. The van der Waals surface area contributed by atoms with Crippen LogP contribution >= 0.6 is 0 Å². The molecule has 1 aliphatic carbocycles. The van der Waals surface area contributed by atoms with Crippen LogP contribution in [0, 0.1) is 5.92 Å². The Morgan fingerprint density at radius 2 is 1.63 bits per heavy atom. The predicted octanol–water partition coefficient (Wildman–Crippen LogP) is 5.41. The largest absolute Gasteiger partial charge is 0.337 e. The van der Waals surface area contributed by atoms with E-state index in [9.17, 15) is 0 Å². The van der Waals surface area contributed by atoms with Gasteiger partial charge in [0.05, 0.1) is 11.0 Å². The number of anilines is 3. The fourth-order valence-corrected chi connectivity index (χ4v) is 5.33. The van der Waals surface area contributed by atoms with Gasteiger partial charge in [-0.1, -0.05) is 37.1 Å². The van der Waals surface area contributed by atoms with Gasteiger partial charge in [0.15, 0.2) is 5.82 Å². The second-order valence-corrected chi connectivity index (χ2v) is 8.58. The van der Waals surface area contributed by atoms with E-state index in [-0.39, 0.29) is 0 Å². The number of piperidine rings is 1. The molecule has 2 N–H and O–H groups in total. The summed E-state index contributed by atoms with van der Waals surface area (Å²) in [6, 6.07) is 17.0. The summed E-state index contributed by atoms with van der Waals surface area (Å²) in [5.74, 6) is 3.27. The zero-order chi connectivity index (χ0) is 19.9. The Labute approximate surface area is 175 Å². The lowest BCUT2D eigenvalue weighted by atomic mass is 9.78. The summed E-state index contributed by atoms with van der Waals surface area (Å²) in [5.41, 5.74) is 1.99. The first-order valence-electron chi connectivity index (χ1n) is 11.1. The number of rotatable bonds is 3. The lowest BCUT2D eigenvalue weighted by molar-refractivity contribution is 0.241. The van der Waals surface area contributed by atoms with E-state index in [1.54, 1.807) is 0 Å². The van der Waals surface area contributed by atoms with Crippen LogP contribution in [-0.2, 0) is 0 Å². The van der Waals surface area contributed by atoms with Crippen molar-refractivity contribution < 1.29 is 0 Å². The molecule has 6 heteroatoms. The molecule has 152 valence electrons. The number of para-hydroxylation sites is 2. The van der Waals surface area contributed by atoms with Crippen molar-refractivity contribution in [3.8, 4) is 0 Å². The molecule has 2 unspecified atom stereocenters. The van der Waals surface area contributed by atoms with Crippen LogP contribution in [0.15, 0.2) is 48.5 Å². The normalized spacial score (nSPS) is 21.7. The third-order valence-electron chi connectivity index (χ3n) is 6.80. The minimum atomic E-state index is 0.577. The zero-order valence-corrected chi connectivity index (χ0v) is 17.0. The first-order chi connectivity index (χ1) is 14.9. The van der Waals surface area contributed by atoms with Crippen molar-refractivity contribution in [2.24, 2.45) is 5.92 Å². The van der Waals surface area contributed by atoms with Gasteiger partial charge in [-0.15, -0.1) is 0 Å². The molecule has 0 bridgehead atoms. The van der Waals surface area contributed by atoms with Gasteiger partial charge in [0.25, 0.3) is 0 Å². The highest BCUT2D eigenvalue weighted by molar-refractivity contribution is 5.96. The van der Waals surface area contributed by atoms with Gasteiger partial charge < -0.3 is 10.2 Å². The number of hydrogen-bond donors (Lipinski definition) is 2. The number of hydrogen-bond acceptors (Lipinski definition) is 5. The number of nitrogens with zero attached hydrogens (tertiary/aromatic N) is 4. The Kier molecular flexibility index (Phi) is 4.29. The van der Waals surface area contributed by atoms with Crippen molar-refractivity contribution in [2.45, 2.75) is 44.6 Å². The number of H-pyrrole nitrogens is 1. The van der Waals surface area contributed by atoms with Crippen LogP contribution in [0.3, 0.4) is 0 Å². The first kappa shape index (κ1) is 17.7. The SMILES string of the molecule is c1ccc2c(Nc3n[nH]c4ccccc34)nc(N3CCCC4CCCCC43)nc2c1. The molecular formula is C24H26N6. The van der Waals surface area contributed by atoms with Crippen LogP contribution in [0.2, 0.25) is 0 Å². The third-order valence-corrected chi connectivity index (χ3v) is 6.80. The third kappa shape index (κ3) is 2.98. The Hall–Kier alpha value is -3.15. The smallest absolute Gasteiger partial charge is 0.228 e. The number of aromatic nitrogens is 4. The maximum absolute atomic E-state index is 5.05. The van der Waals surface area contributed by atoms with Crippen LogP contribution < -0.4 is 10.2 Å².